The minimum Gasteiger partial charge on any atom is -0.326 e. The van der Waals surface area contributed by atoms with Crippen molar-refractivity contribution in [1.82, 2.24) is 9.38 Å². The molecule has 6 nitrogen and oxygen atoms in total. The lowest BCUT2D eigenvalue weighted by molar-refractivity contribution is -0.115. The van der Waals surface area contributed by atoms with Crippen LogP contribution in [-0.4, -0.2) is 34.7 Å². The second kappa shape index (κ2) is 7.99. The lowest BCUT2D eigenvalue weighted by Crippen LogP contribution is -2.24. The van der Waals surface area contributed by atoms with Crippen molar-refractivity contribution in [3.05, 3.63) is 54.4 Å². The second-order valence-electron chi connectivity index (χ2n) is 7.70. The van der Waals surface area contributed by atoms with Crippen molar-refractivity contribution in [2.75, 3.05) is 11.1 Å². The number of pyridine rings is 1. The molecule has 0 bridgehead atoms. The van der Waals surface area contributed by atoms with Crippen LogP contribution in [0, 0.1) is 6.92 Å². The van der Waals surface area contributed by atoms with Crippen molar-refractivity contribution in [2.45, 2.75) is 44.3 Å². The van der Waals surface area contributed by atoms with Crippen LogP contribution in [-0.2, 0) is 14.6 Å². The number of anilines is 1. The van der Waals surface area contributed by atoms with Gasteiger partial charge >= 0.3 is 0 Å². The molecule has 0 atom stereocenters. The summed E-state index contributed by atoms with van der Waals surface area (Å²) < 4.78 is 26.6. The van der Waals surface area contributed by atoms with Gasteiger partial charge in [-0.3, -0.25) is 4.79 Å². The second-order valence-corrected chi connectivity index (χ2v) is 10.1. The van der Waals surface area contributed by atoms with E-state index in [1.165, 1.54) is 0 Å². The lowest BCUT2D eigenvalue weighted by atomic mass is 10.1. The number of carbonyl (C=O) groups is 1. The normalized spacial score (nSPS) is 15.1. The van der Waals surface area contributed by atoms with E-state index in [9.17, 15) is 13.2 Å². The third kappa shape index (κ3) is 4.34. The Labute approximate surface area is 170 Å². The van der Waals surface area contributed by atoms with Crippen molar-refractivity contribution < 1.29 is 13.2 Å². The molecule has 1 aliphatic carbocycles. The molecule has 1 N–H and O–H groups in total. The first-order chi connectivity index (χ1) is 13.9. The number of sulfone groups is 1. The summed E-state index contributed by atoms with van der Waals surface area (Å²) in [7, 11) is -3.18. The molecular weight excluding hydrogens is 386 g/mol. The molecule has 0 saturated heterocycles. The van der Waals surface area contributed by atoms with E-state index in [0.29, 0.717) is 5.69 Å². The van der Waals surface area contributed by atoms with Crippen LogP contribution in [0.5, 0.6) is 0 Å². The van der Waals surface area contributed by atoms with Crippen molar-refractivity contribution in [3.63, 3.8) is 0 Å². The molecule has 4 rings (SSSR count). The molecule has 0 unspecified atom stereocenters. The van der Waals surface area contributed by atoms with E-state index in [0.717, 1.165) is 48.2 Å². The topological polar surface area (TPSA) is 80.5 Å². The average molecular weight is 412 g/mol. The Bertz CT molecular complexity index is 1130. The largest absolute Gasteiger partial charge is 0.326 e. The molecule has 0 aliphatic heterocycles. The van der Waals surface area contributed by atoms with Gasteiger partial charge in [-0.05, 0) is 43.5 Å². The number of aryl methyl sites for hydroxylation is 1. The van der Waals surface area contributed by atoms with E-state index >= 15 is 0 Å². The molecular formula is C22H25N3O3S. The zero-order valence-corrected chi connectivity index (χ0v) is 17.3. The quantitative estimate of drug-likeness (QED) is 0.665. The van der Waals surface area contributed by atoms with Crippen molar-refractivity contribution in [2.24, 2.45) is 0 Å². The van der Waals surface area contributed by atoms with Crippen LogP contribution in [0.3, 0.4) is 0 Å². The molecule has 152 valence electrons. The summed E-state index contributed by atoms with van der Waals surface area (Å²) >= 11 is 0. The number of fused-ring (bicyclic) bond motifs is 1. The first-order valence-corrected chi connectivity index (χ1v) is 11.7. The smallest absolute Gasteiger partial charge is 0.225 e. The highest BCUT2D eigenvalue weighted by atomic mass is 32.2. The van der Waals surface area contributed by atoms with Gasteiger partial charge in [-0.15, -0.1) is 0 Å². The van der Waals surface area contributed by atoms with Crippen LogP contribution >= 0.6 is 0 Å². The van der Waals surface area contributed by atoms with Crippen LogP contribution in [0.4, 0.5) is 5.69 Å². The highest BCUT2D eigenvalue weighted by Crippen LogP contribution is 2.26. The van der Waals surface area contributed by atoms with E-state index in [-0.39, 0.29) is 23.3 Å². The first-order valence-electron chi connectivity index (χ1n) is 9.98. The minimum absolute atomic E-state index is 0.00764. The molecule has 1 saturated carbocycles. The fourth-order valence-corrected chi connectivity index (χ4v) is 5.74. The Morgan fingerprint density at radius 1 is 1.17 bits per heavy atom. The zero-order chi connectivity index (χ0) is 20.4. The number of benzene rings is 1. The minimum atomic E-state index is -3.18. The molecule has 1 aliphatic rings. The number of nitrogens with one attached hydrogen (secondary N) is 1. The highest BCUT2D eigenvalue weighted by Gasteiger charge is 2.28. The number of rotatable bonds is 6. The number of hydrogen-bond acceptors (Lipinski definition) is 4. The van der Waals surface area contributed by atoms with Gasteiger partial charge in [0.2, 0.25) is 5.91 Å². The fraction of sp³-hybridized carbons (Fsp3) is 0.364. The molecule has 0 radical (unpaired) electrons. The van der Waals surface area contributed by atoms with Gasteiger partial charge in [0, 0.05) is 30.1 Å². The van der Waals surface area contributed by atoms with Crippen molar-refractivity contribution in [1.29, 1.82) is 0 Å². The number of aromatic nitrogens is 2. The summed E-state index contributed by atoms with van der Waals surface area (Å²) in [6, 6.07) is 11.5. The van der Waals surface area contributed by atoms with Gasteiger partial charge < -0.3 is 9.72 Å². The Morgan fingerprint density at radius 2 is 1.90 bits per heavy atom. The summed E-state index contributed by atoms with van der Waals surface area (Å²) in [6.45, 7) is 2.03. The van der Waals surface area contributed by atoms with E-state index in [4.69, 9.17) is 0 Å². The first kappa shape index (κ1) is 19.6. The van der Waals surface area contributed by atoms with Crippen molar-refractivity contribution >= 4 is 27.1 Å². The van der Waals surface area contributed by atoms with Gasteiger partial charge in [-0.25, -0.2) is 13.4 Å². The summed E-state index contributed by atoms with van der Waals surface area (Å²) in [5.74, 6) is -0.356. The van der Waals surface area contributed by atoms with Crippen LogP contribution in [0.25, 0.3) is 16.9 Å². The van der Waals surface area contributed by atoms with Gasteiger partial charge in [-0.2, -0.15) is 0 Å². The van der Waals surface area contributed by atoms with Crippen LogP contribution in [0.2, 0.25) is 0 Å². The summed E-state index contributed by atoms with van der Waals surface area (Å²) in [5, 5.41) is 2.53. The monoisotopic (exact) mass is 411 g/mol. The Morgan fingerprint density at radius 3 is 2.59 bits per heavy atom. The van der Waals surface area contributed by atoms with Crippen molar-refractivity contribution in [3.8, 4) is 11.3 Å². The zero-order valence-electron chi connectivity index (χ0n) is 16.5. The molecule has 2 aromatic heterocycles. The lowest BCUT2D eigenvalue weighted by Gasteiger charge is -2.11. The number of nitrogens with zero attached hydrogens (tertiary/aromatic N) is 2. The fourth-order valence-electron chi connectivity index (χ4n) is 3.89. The third-order valence-electron chi connectivity index (χ3n) is 5.57. The predicted molar refractivity (Wildman–Crippen MR) is 115 cm³/mol. The van der Waals surface area contributed by atoms with Gasteiger partial charge in [0.25, 0.3) is 0 Å². The third-order valence-corrected chi connectivity index (χ3v) is 7.83. The molecule has 2 heterocycles. The molecule has 29 heavy (non-hydrogen) atoms. The van der Waals surface area contributed by atoms with E-state index in [1.54, 1.807) is 0 Å². The predicted octanol–water partition coefficient (Wildman–Crippen LogP) is 4.00. The Kier molecular flexibility index (Phi) is 5.41. The Balaban J connectivity index is 1.38. The summed E-state index contributed by atoms with van der Waals surface area (Å²) in [5.41, 5.74) is 4.49. The number of imidazole rings is 1. The SMILES string of the molecule is Cc1cccn2cc(-c3ccc(NC(=O)CCS(=O)(=O)C4CCCC4)cc3)nc12. The molecule has 3 aromatic rings. The van der Waals surface area contributed by atoms with Crippen LogP contribution in [0.1, 0.15) is 37.7 Å². The van der Waals surface area contributed by atoms with Gasteiger partial charge in [0.15, 0.2) is 9.84 Å². The molecule has 0 spiro atoms. The number of amides is 1. The van der Waals surface area contributed by atoms with Crippen LogP contribution in [0.15, 0.2) is 48.8 Å². The Hall–Kier alpha value is -2.67. The molecule has 1 amide bonds. The van der Waals surface area contributed by atoms with Crippen LogP contribution < -0.4 is 5.32 Å². The average Bonchev–Trinajstić information content (AvgIpc) is 3.38. The molecule has 1 aromatic carbocycles. The number of hydrogen-bond donors (Lipinski definition) is 1. The van der Waals surface area contributed by atoms with E-state index in [1.807, 2.05) is 60.1 Å². The maximum Gasteiger partial charge on any atom is 0.225 e. The van der Waals surface area contributed by atoms with E-state index in [2.05, 4.69) is 10.3 Å². The summed E-state index contributed by atoms with van der Waals surface area (Å²) in [4.78, 5) is 16.9. The highest BCUT2D eigenvalue weighted by molar-refractivity contribution is 7.92. The van der Waals surface area contributed by atoms with Gasteiger partial charge in [0.1, 0.15) is 5.65 Å². The number of carbonyl (C=O) groups excluding carboxylic acids is 1. The maximum atomic E-state index is 12.3. The van der Waals surface area contributed by atoms with E-state index < -0.39 is 9.84 Å². The molecule has 1 fully saturated rings. The maximum absolute atomic E-state index is 12.3. The van der Waals surface area contributed by atoms with Gasteiger partial charge in [0.05, 0.1) is 16.7 Å². The van der Waals surface area contributed by atoms with Gasteiger partial charge in [-0.1, -0.05) is 31.0 Å². The standard InChI is InChI=1S/C22H25N3O3S/c1-16-5-4-13-25-15-20(24-22(16)25)17-8-10-18(11-9-17)23-21(26)12-14-29(27,28)19-6-2-3-7-19/h4-5,8-11,13,15,19H,2-3,6-7,12,14H2,1H3,(H,23,26). The summed E-state index contributed by atoms with van der Waals surface area (Å²) in [6.07, 6.45) is 7.33. The molecule has 7 heteroatoms.